The summed E-state index contributed by atoms with van der Waals surface area (Å²) in [6, 6.07) is 2.10. The zero-order valence-corrected chi connectivity index (χ0v) is 20.6. The Bertz CT molecular complexity index is 1280. The molecule has 3 aromatic heterocycles. The van der Waals surface area contributed by atoms with Gasteiger partial charge in [-0.1, -0.05) is 25.4 Å². The van der Waals surface area contributed by atoms with Crippen LogP contribution in [0, 0.1) is 0 Å². The zero-order chi connectivity index (χ0) is 26.5. The quantitative estimate of drug-likeness (QED) is 0.343. The highest BCUT2D eigenvalue weighted by Gasteiger charge is 2.34. The minimum absolute atomic E-state index is 0.00800. The second-order valence-corrected chi connectivity index (χ2v) is 9.10. The lowest BCUT2D eigenvalue weighted by molar-refractivity contribution is -0.137. The van der Waals surface area contributed by atoms with E-state index in [1.165, 1.54) is 18.6 Å². The zero-order valence-electron chi connectivity index (χ0n) is 19.0. The number of carbonyl (C=O) groups is 3. The lowest BCUT2D eigenvalue weighted by Gasteiger charge is -2.10. The van der Waals surface area contributed by atoms with Gasteiger partial charge in [0.2, 0.25) is 0 Å². The summed E-state index contributed by atoms with van der Waals surface area (Å²) in [6.07, 6.45) is -0.994. The van der Waals surface area contributed by atoms with Crippen LogP contribution < -0.4 is 10.6 Å². The van der Waals surface area contributed by atoms with Crippen LogP contribution in [0.5, 0.6) is 0 Å². The van der Waals surface area contributed by atoms with Crippen molar-refractivity contribution in [1.82, 2.24) is 19.9 Å². The van der Waals surface area contributed by atoms with Crippen LogP contribution in [-0.2, 0) is 11.0 Å². The van der Waals surface area contributed by atoms with Gasteiger partial charge in [0.05, 0.1) is 28.3 Å². The number of amides is 1. The predicted octanol–water partition coefficient (Wildman–Crippen LogP) is 5.02. The SMILES string of the molecule is CCC(=O)CNc1cc(C(=O)CC(C)c2ncc(C(=O)Nc3cc(C(F)(F)F)c(Cl)cn3)s2)ncn1. The second-order valence-electron chi connectivity index (χ2n) is 7.63. The number of rotatable bonds is 10. The van der Waals surface area contributed by atoms with E-state index in [1.807, 2.05) is 0 Å². The first-order valence-corrected chi connectivity index (χ1v) is 11.8. The number of nitrogens with one attached hydrogen (secondary N) is 2. The molecule has 3 heterocycles. The van der Waals surface area contributed by atoms with Gasteiger partial charge >= 0.3 is 6.18 Å². The Kier molecular flexibility index (Phi) is 8.69. The van der Waals surface area contributed by atoms with Crippen LogP contribution in [0.4, 0.5) is 24.8 Å². The molecule has 1 atom stereocenters. The lowest BCUT2D eigenvalue weighted by atomic mass is 10.0. The molecule has 36 heavy (non-hydrogen) atoms. The summed E-state index contributed by atoms with van der Waals surface area (Å²) >= 11 is 6.55. The van der Waals surface area contributed by atoms with Crippen molar-refractivity contribution in [1.29, 1.82) is 0 Å². The van der Waals surface area contributed by atoms with Crippen molar-refractivity contribution < 1.29 is 27.6 Å². The smallest absolute Gasteiger partial charge is 0.363 e. The maximum Gasteiger partial charge on any atom is 0.418 e. The van der Waals surface area contributed by atoms with Crippen molar-refractivity contribution >= 4 is 52.0 Å². The summed E-state index contributed by atoms with van der Waals surface area (Å²) in [7, 11) is 0. The molecule has 1 amide bonds. The first kappa shape index (κ1) is 27.1. The van der Waals surface area contributed by atoms with Crippen molar-refractivity contribution in [3.05, 3.63) is 57.0 Å². The normalized spacial score (nSPS) is 12.2. The highest BCUT2D eigenvalue weighted by Crippen LogP contribution is 2.35. The number of alkyl halides is 3. The van der Waals surface area contributed by atoms with Gasteiger partial charge < -0.3 is 10.6 Å². The third-order valence-corrected chi connectivity index (χ3v) is 6.41. The van der Waals surface area contributed by atoms with E-state index in [-0.39, 0.29) is 46.8 Å². The molecule has 0 aliphatic heterocycles. The fourth-order valence-corrected chi connectivity index (χ4v) is 3.99. The monoisotopic (exact) mass is 540 g/mol. The first-order chi connectivity index (χ1) is 17.0. The number of Topliss-reactive ketones (excluding diaryl/α,β-unsaturated/α-hetero) is 2. The molecule has 3 rings (SSSR count). The van der Waals surface area contributed by atoms with E-state index in [2.05, 4.69) is 30.6 Å². The molecule has 0 bridgehead atoms. The predicted molar refractivity (Wildman–Crippen MR) is 127 cm³/mol. The topological polar surface area (TPSA) is 127 Å². The molecule has 0 aliphatic rings. The highest BCUT2D eigenvalue weighted by atomic mass is 35.5. The lowest BCUT2D eigenvalue weighted by Crippen LogP contribution is -2.14. The summed E-state index contributed by atoms with van der Waals surface area (Å²) in [6.45, 7) is 3.58. The molecule has 14 heteroatoms. The Morgan fingerprint density at radius 1 is 1.08 bits per heavy atom. The summed E-state index contributed by atoms with van der Waals surface area (Å²) in [5, 5.41) is 5.04. The molecule has 3 aromatic rings. The van der Waals surface area contributed by atoms with Gasteiger partial charge in [-0.25, -0.2) is 19.9 Å². The van der Waals surface area contributed by atoms with E-state index in [0.29, 0.717) is 23.3 Å². The molecule has 0 aromatic carbocycles. The van der Waals surface area contributed by atoms with Crippen LogP contribution in [-0.4, -0.2) is 44.0 Å². The van der Waals surface area contributed by atoms with Crippen molar-refractivity contribution in [3.63, 3.8) is 0 Å². The van der Waals surface area contributed by atoms with Gasteiger partial charge in [0.1, 0.15) is 28.5 Å². The number of carbonyl (C=O) groups excluding carboxylic acids is 3. The molecular weight excluding hydrogens is 521 g/mol. The van der Waals surface area contributed by atoms with Crippen molar-refractivity contribution in [2.24, 2.45) is 0 Å². The fraction of sp³-hybridized carbons (Fsp3) is 0.318. The number of ketones is 2. The van der Waals surface area contributed by atoms with Gasteiger partial charge in [-0.05, 0) is 6.07 Å². The summed E-state index contributed by atoms with van der Waals surface area (Å²) in [5.74, 6) is -1.34. The number of hydrogen-bond donors (Lipinski definition) is 2. The molecule has 0 spiro atoms. The van der Waals surface area contributed by atoms with Crippen LogP contribution in [0.15, 0.2) is 30.9 Å². The van der Waals surface area contributed by atoms with Gasteiger partial charge in [-0.2, -0.15) is 13.2 Å². The van der Waals surface area contributed by atoms with Gasteiger partial charge in [0.15, 0.2) is 11.6 Å². The largest absolute Gasteiger partial charge is 0.418 e. The minimum Gasteiger partial charge on any atom is -0.363 e. The Hall–Kier alpha value is -3.45. The van der Waals surface area contributed by atoms with Crippen LogP contribution >= 0.6 is 22.9 Å². The maximum absolute atomic E-state index is 13.0. The standard InChI is InChI=1S/C22H20ClF3N6O3S/c1-3-12(33)7-27-18-6-15(30-10-31-18)16(34)4-11(2)21-29-9-17(36-21)20(35)32-19-5-13(22(24,25)26)14(23)8-28-19/h5-6,8-11H,3-4,7H2,1-2H3,(H,27,30,31)(H,28,32,35). The summed E-state index contributed by atoms with van der Waals surface area (Å²) in [4.78, 5) is 52.6. The molecule has 0 saturated carbocycles. The molecule has 2 N–H and O–H groups in total. The molecule has 0 aliphatic carbocycles. The van der Waals surface area contributed by atoms with Crippen LogP contribution in [0.25, 0.3) is 0 Å². The number of hydrogen-bond acceptors (Lipinski definition) is 9. The van der Waals surface area contributed by atoms with Crippen LogP contribution in [0.3, 0.4) is 0 Å². The minimum atomic E-state index is -4.70. The average molecular weight is 541 g/mol. The molecule has 1 unspecified atom stereocenters. The number of nitrogens with zero attached hydrogens (tertiary/aromatic N) is 4. The summed E-state index contributed by atoms with van der Waals surface area (Å²) in [5.41, 5.74) is -0.960. The van der Waals surface area contributed by atoms with E-state index >= 15 is 0 Å². The molecule has 0 radical (unpaired) electrons. The Morgan fingerprint density at radius 3 is 2.53 bits per heavy atom. The number of aromatic nitrogens is 4. The van der Waals surface area contributed by atoms with E-state index in [4.69, 9.17) is 11.6 Å². The van der Waals surface area contributed by atoms with Gasteiger partial charge in [-0.3, -0.25) is 14.4 Å². The van der Waals surface area contributed by atoms with E-state index in [9.17, 15) is 27.6 Å². The summed E-state index contributed by atoms with van der Waals surface area (Å²) < 4.78 is 39.1. The fourth-order valence-electron chi connectivity index (χ4n) is 2.91. The molecule has 9 nitrogen and oxygen atoms in total. The van der Waals surface area contributed by atoms with Gasteiger partial charge in [0.25, 0.3) is 5.91 Å². The van der Waals surface area contributed by atoms with Crippen molar-refractivity contribution in [2.75, 3.05) is 17.2 Å². The van der Waals surface area contributed by atoms with Crippen molar-refractivity contribution in [2.45, 2.75) is 38.8 Å². The Balaban J connectivity index is 1.64. The third-order valence-electron chi connectivity index (χ3n) is 4.88. The molecular formula is C22H20ClF3N6O3S. The highest BCUT2D eigenvalue weighted by molar-refractivity contribution is 7.13. The number of halogens is 4. The van der Waals surface area contributed by atoms with Gasteiger partial charge in [-0.15, -0.1) is 11.3 Å². The third kappa shape index (κ3) is 7.04. The van der Waals surface area contributed by atoms with E-state index in [1.54, 1.807) is 13.8 Å². The second kappa shape index (κ2) is 11.5. The van der Waals surface area contributed by atoms with Crippen LogP contribution in [0.2, 0.25) is 5.02 Å². The average Bonchev–Trinajstić information content (AvgIpc) is 3.34. The molecule has 0 saturated heterocycles. The van der Waals surface area contributed by atoms with Crippen molar-refractivity contribution in [3.8, 4) is 0 Å². The van der Waals surface area contributed by atoms with E-state index in [0.717, 1.165) is 17.5 Å². The molecule has 190 valence electrons. The first-order valence-electron chi connectivity index (χ1n) is 10.6. The number of pyridine rings is 1. The Morgan fingerprint density at radius 2 is 1.83 bits per heavy atom. The molecule has 0 fully saturated rings. The number of thiazole rings is 1. The Labute approximate surface area is 212 Å². The van der Waals surface area contributed by atoms with Gasteiger partial charge in [0, 0.05) is 31.0 Å². The van der Waals surface area contributed by atoms with E-state index < -0.39 is 22.7 Å². The van der Waals surface area contributed by atoms with Crippen LogP contribution in [0.1, 0.15) is 63.3 Å². The maximum atomic E-state index is 13.0. The number of anilines is 2.